The first-order valence-electron chi connectivity index (χ1n) is 5.98. The zero-order chi connectivity index (χ0) is 15.5. The maximum Gasteiger partial charge on any atom is 0.271 e. The Morgan fingerprint density at radius 3 is 2.71 bits per heavy atom. The summed E-state index contributed by atoms with van der Waals surface area (Å²) in [5, 5.41) is 3.07. The van der Waals surface area contributed by atoms with Crippen molar-refractivity contribution in [3.8, 4) is 0 Å². The lowest BCUT2D eigenvalue weighted by atomic mass is 10.3. The molecule has 2 rings (SSSR count). The van der Waals surface area contributed by atoms with Gasteiger partial charge in [-0.05, 0) is 30.3 Å². The molecule has 2 aromatic rings. The number of hydrogen-bond acceptors (Lipinski definition) is 4. The van der Waals surface area contributed by atoms with Crippen LogP contribution < -0.4 is 10.0 Å². The summed E-state index contributed by atoms with van der Waals surface area (Å²) < 4.78 is 27.1. The molecule has 0 fully saturated rings. The molecule has 0 atom stereocenters. The first-order valence-corrected chi connectivity index (χ1v) is 8.66. The van der Waals surface area contributed by atoms with Gasteiger partial charge in [0.15, 0.2) is 0 Å². The minimum atomic E-state index is -3.65. The third kappa shape index (κ3) is 4.45. The average Bonchev–Trinajstić information content (AvgIpc) is 2.85. The Bertz CT molecular complexity index is 756. The highest BCUT2D eigenvalue weighted by molar-refractivity contribution is 7.94. The maximum absolute atomic E-state index is 12.2. The summed E-state index contributed by atoms with van der Waals surface area (Å²) in [6.45, 7) is 1.72. The quantitative estimate of drug-likeness (QED) is 0.875. The monoisotopic (exact) mass is 344 g/mol. The van der Waals surface area contributed by atoms with Crippen molar-refractivity contribution < 1.29 is 13.2 Å². The van der Waals surface area contributed by atoms with Crippen molar-refractivity contribution in [2.24, 2.45) is 0 Å². The number of carbonyl (C=O) groups is 1. The van der Waals surface area contributed by atoms with Crippen molar-refractivity contribution in [2.75, 3.05) is 4.72 Å². The number of halogens is 1. The Balaban J connectivity index is 2.14. The number of sulfonamides is 1. The van der Waals surface area contributed by atoms with Crippen LogP contribution in [0, 0.1) is 0 Å². The number of hydrogen-bond donors (Lipinski definition) is 2. The lowest BCUT2D eigenvalue weighted by molar-refractivity contribution is -0.119. The third-order valence-corrected chi connectivity index (χ3v) is 5.68. The van der Waals surface area contributed by atoms with Gasteiger partial charge in [0.2, 0.25) is 5.91 Å². The summed E-state index contributed by atoms with van der Waals surface area (Å²) in [5.74, 6) is -0.162. The van der Waals surface area contributed by atoms with Gasteiger partial charge in [0.25, 0.3) is 10.0 Å². The van der Waals surface area contributed by atoms with Gasteiger partial charge in [-0.1, -0.05) is 17.7 Å². The molecular weight excluding hydrogens is 332 g/mol. The van der Waals surface area contributed by atoms with Gasteiger partial charge >= 0.3 is 0 Å². The zero-order valence-electron chi connectivity index (χ0n) is 11.1. The van der Waals surface area contributed by atoms with Crippen molar-refractivity contribution in [3.63, 3.8) is 0 Å². The fourth-order valence-electron chi connectivity index (χ4n) is 1.57. The number of anilines is 1. The Kier molecular flexibility index (Phi) is 4.87. The third-order valence-electron chi connectivity index (χ3n) is 2.49. The van der Waals surface area contributed by atoms with E-state index >= 15 is 0 Å². The van der Waals surface area contributed by atoms with E-state index in [1.54, 1.807) is 24.3 Å². The van der Waals surface area contributed by atoms with E-state index in [2.05, 4.69) is 10.0 Å². The number of amides is 1. The minimum Gasteiger partial charge on any atom is -0.351 e. The van der Waals surface area contributed by atoms with Gasteiger partial charge < -0.3 is 5.32 Å². The van der Waals surface area contributed by atoms with Crippen LogP contribution in [0.25, 0.3) is 0 Å². The molecule has 0 aliphatic carbocycles. The number of carbonyl (C=O) groups excluding carboxylic acids is 1. The van der Waals surface area contributed by atoms with E-state index in [0.717, 1.165) is 16.2 Å². The highest BCUT2D eigenvalue weighted by Gasteiger charge is 2.17. The first kappa shape index (κ1) is 15.8. The average molecular weight is 345 g/mol. The van der Waals surface area contributed by atoms with E-state index in [1.165, 1.54) is 19.1 Å². The Morgan fingerprint density at radius 1 is 1.29 bits per heavy atom. The lowest BCUT2D eigenvalue weighted by Gasteiger charge is -2.06. The second-order valence-corrected chi connectivity index (χ2v) is 7.76. The Hall–Kier alpha value is -1.57. The summed E-state index contributed by atoms with van der Waals surface area (Å²) in [7, 11) is -3.65. The zero-order valence-corrected chi connectivity index (χ0v) is 13.5. The largest absolute Gasteiger partial charge is 0.351 e. The van der Waals surface area contributed by atoms with Crippen LogP contribution in [0.2, 0.25) is 5.02 Å². The van der Waals surface area contributed by atoms with Crippen molar-refractivity contribution in [3.05, 3.63) is 46.3 Å². The van der Waals surface area contributed by atoms with E-state index in [-0.39, 0.29) is 10.1 Å². The molecule has 5 nitrogen and oxygen atoms in total. The van der Waals surface area contributed by atoms with Gasteiger partial charge in [0.05, 0.1) is 12.2 Å². The van der Waals surface area contributed by atoms with Gasteiger partial charge in [0, 0.05) is 16.8 Å². The van der Waals surface area contributed by atoms with Gasteiger partial charge in [-0.3, -0.25) is 9.52 Å². The standard InChI is InChI=1S/C13H13ClN2O3S2/c1-9(17)15-8-12-5-6-13(20-12)21(18,19)16-11-4-2-3-10(14)7-11/h2-7,16H,8H2,1H3,(H,15,17). The molecule has 1 heterocycles. The SMILES string of the molecule is CC(=O)NCc1ccc(S(=O)(=O)Nc2cccc(Cl)c2)s1. The lowest BCUT2D eigenvalue weighted by Crippen LogP contribution is -2.18. The molecule has 0 aliphatic rings. The van der Waals surface area contributed by atoms with Gasteiger partial charge in [-0.25, -0.2) is 8.42 Å². The predicted molar refractivity (Wildman–Crippen MR) is 84.1 cm³/mol. The van der Waals surface area contributed by atoms with Gasteiger partial charge in [0.1, 0.15) is 4.21 Å². The van der Waals surface area contributed by atoms with Crippen molar-refractivity contribution >= 4 is 44.6 Å². The smallest absolute Gasteiger partial charge is 0.271 e. The molecule has 0 unspecified atom stereocenters. The molecule has 2 N–H and O–H groups in total. The highest BCUT2D eigenvalue weighted by atomic mass is 35.5. The van der Waals surface area contributed by atoms with E-state index in [0.29, 0.717) is 17.3 Å². The molecule has 1 amide bonds. The van der Waals surface area contributed by atoms with E-state index < -0.39 is 10.0 Å². The summed E-state index contributed by atoms with van der Waals surface area (Å²) in [6, 6.07) is 9.66. The summed E-state index contributed by atoms with van der Waals surface area (Å²) >= 11 is 6.93. The molecule has 0 spiro atoms. The highest BCUT2D eigenvalue weighted by Crippen LogP contribution is 2.25. The molecule has 0 bridgehead atoms. The van der Waals surface area contributed by atoms with Crippen LogP contribution in [0.5, 0.6) is 0 Å². The second-order valence-electron chi connectivity index (χ2n) is 4.25. The molecule has 0 saturated carbocycles. The molecule has 1 aromatic heterocycles. The van der Waals surface area contributed by atoms with Gasteiger partial charge in [-0.2, -0.15) is 0 Å². The Morgan fingerprint density at radius 2 is 2.05 bits per heavy atom. The number of nitrogens with one attached hydrogen (secondary N) is 2. The minimum absolute atomic E-state index is 0.162. The predicted octanol–water partition coefficient (Wildman–Crippen LogP) is 2.84. The molecule has 0 aliphatic heterocycles. The van der Waals surface area contributed by atoms with Crippen LogP contribution in [-0.2, 0) is 21.4 Å². The van der Waals surface area contributed by atoms with Crippen LogP contribution in [-0.4, -0.2) is 14.3 Å². The molecule has 0 saturated heterocycles. The number of benzene rings is 1. The topological polar surface area (TPSA) is 75.3 Å². The normalized spacial score (nSPS) is 11.1. The summed E-state index contributed by atoms with van der Waals surface area (Å²) in [5.41, 5.74) is 0.402. The van der Waals surface area contributed by atoms with Crippen LogP contribution in [0.3, 0.4) is 0 Å². The van der Waals surface area contributed by atoms with Crippen LogP contribution in [0.1, 0.15) is 11.8 Å². The van der Waals surface area contributed by atoms with Crippen LogP contribution in [0.15, 0.2) is 40.6 Å². The molecule has 0 radical (unpaired) electrons. The summed E-state index contributed by atoms with van der Waals surface area (Å²) in [4.78, 5) is 11.6. The fourth-order valence-corrected chi connectivity index (χ4v) is 4.10. The fraction of sp³-hybridized carbons (Fsp3) is 0.154. The van der Waals surface area contributed by atoms with Gasteiger partial charge in [-0.15, -0.1) is 11.3 Å². The molecule has 21 heavy (non-hydrogen) atoms. The number of rotatable bonds is 5. The van der Waals surface area contributed by atoms with Crippen molar-refractivity contribution in [1.29, 1.82) is 0 Å². The van der Waals surface area contributed by atoms with E-state index in [9.17, 15) is 13.2 Å². The van der Waals surface area contributed by atoms with Crippen LogP contribution >= 0.6 is 22.9 Å². The molecule has 8 heteroatoms. The maximum atomic E-state index is 12.2. The van der Waals surface area contributed by atoms with Crippen LogP contribution in [0.4, 0.5) is 5.69 Å². The van der Waals surface area contributed by atoms with E-state index in [1.807, 2.05) is 0 Å². The Labute approximate surface area is 132 Å². The number of thiophene rings is 1. The van der Waals surface area contributed by atoms with Crippen molar-refractivity contribution in [2.45, 2.75) is 17.7 Å². The van der Waals surface area contributed by atoms with Crippen molar-refractivity contribution in [1.82, 2.24) is 5.32 Å². The molecular formula is C13H13ClN2O3S2. The summed E-state index contributed by atoms with van der Waals surface area (Å²) in [6.07, 6.45) is 0. The molecule has 1 aromatic carbocycles. The first-order chi connectivity index (χ1) is 9.87. The second kappa shape index (κ2) is 6.46. The molecule has 112 valence electrons. The van der Waals surface area contributed by atoms with E-state index in [4.69, 9.17) is 11.6 Å².